The van der Waals surface area contributed by atoms with Crippen molar-refractivity contribution in [1.29, 1.82) is 0 Å². The topological polar surface area (TPSA) is 70.8 Å². The number of benzene rings is 3. The van der Waals surface area contributed by atoms with Gasteiger partial charge in [0.05, 0.1) is 23.2 Å². The van der Waals surface area contributed by atoms with Crippen molar-refractivity contribution in [3.63, 3.8) is 0 Å². The smallest absolute Gasteiger partial charge is 0.291 e. The number of rotatable bonds is 4. The predicted molar refractivity (Wildman–Crippen MR) is 138 cm³/mol. The molecule has 3 aromatic carbocycles. The van der Waals surface area contributed by atoms with Crippen LogP contribution in [0.3, 0.4) is 0 Å². The molecule has 2 aliphatic heterocycles. The fourth-order valence-corrected chi connectivity index (χ4v) is 5.66. The van der Waals surface area contributed by atoms with E-state index < -0.39 is 16.9 Å². The zero-order valence-corrected chi connectivity index (χ0v) is 20.2. The summed E-state index contributed by atoms with van der Waals surface area (Å²) in [6.07, 6.45) is 1.55. The van der Waals surface area contributed by atoms with Crippen LogP contribution in [0.2, 0.25) is 5.02 Å². The Bertz CT molecular complexity index is 1670. The van der Waals surface area contributed by atoms with Crippen molar-refractivity contribution in [2.75, 3.05) is 11.4 Å². The molecule has 7 heteroatoms. The van der Waals surface area contributed by atoms with Crippen LogP contribution in [0, 0.1) is 6.92 Å². The van der Waals surface area contributed by atoms with Crippen LogP contribution in [0.4, 0.5) is 5.69 Å². The minimum Gasteiger partial charge on any atom is -0.450 e. The number of fused-ring (bicyclic) bond motifs is 5. The summed E-state index contributed by atoms with van der Waals surface area (Å²) in [6, 6.07) is 19.8. The molecule has 6 rings (SSSR count). The molecule has 36 heavy (non-hydrogen) atoms. The zero-order chi connectivity index (χ0) is 25.2. The monoisotopic (exact) mass is 496 g/mol. The van der Waals surface area contributed by atoms with Crippen molar-refractivity contribution in [3.05, 3.63) is 123 Å². The van der Waals surface area contributed by atoms with Crippen LogP contribution in [-0.2, 0) is 16.9 Å². The van der Waals surface area contributed by atoms with E-state index >= 15 is 0 Å². The van der Waals surface area contributed by atoms with Gasteiger partial charge in [0.1, 0.15) is 5.58 Å². The Labute approximate surface area is 212 Å². The molecule has 178 valence electrons. The number of amides is 2. The summed E-state index contributed by atoms with van der Waals surface area (Å²) in [6.45, 7) is 6.13. The number of anilines is 1. The maximum Gasteiger partial charge on any atom is 0.291 e. The van der Waals surface area contributed by atoms with Gasteiger partial charge in [0.15, 0.2) is 11.0 Å². The van der Waals surface area contributed by atoms with Gasteiger partial charge in [-0.2, -0.15) is 0 Å². The molecule has 0 saturated heterocycles. The fraction of sp³-hybridized carbons (Fsp3) is 0.138. The van der Waals surface area contributed by atoms with E-state index in [4.69, 9.17) is 16.0 Å². The highest BCUT2D eigenvalue weighted by Crippen LogP contribution is 2.52. The van der Waals surface area contributed by atoms with Gasteiger partial charge in [-0.1, -0.05) is 65.7 Å². The normalized spacial score (nSPS) is 18.3. The molecule has 0 saturated carbocycles. The van der Waals surface area contributed by atoms with Crippen molar-refractivity contribution in [1.82, 2.24) is 4.90 Å². The summed E-state index contributed by atoms with van der Waals surface area (Å²) >= 11 is 6.19. The number of hydrogen-bond donors (Lipinski definition) is 0. The van der Waals surface area contributed by atoms with Crippen LogP contribution in [0.1, 0.15) is 32.8 Å². The fourth-order valence-electron chi connectivity index (χ4n) is 5.49. The maximum absolute atomic E-state index is 14.5. The van der Waals surface area contributed by atoms with E-state index in [1.807, 2.05) is 43.3 Å². The zero-order valence-electron chi connectivity index (χ0n) is 19.5. The highest BCUT2D eigenvalue weighted by molar-refractivity contribution is 6.31. The van der Waals surface area contributed by atoms with E-state index in [9.17, 15) is 14.4 Å². The van der Waals surface area contributed by atoms with Crippen LogP contribution < -0.4 is 10.3 Å². The minimum absolute atomic E-state index is 0.0216. The van der Waals surface area contributed by atoms with E-state index in [1.54, 1.807) is 35.2 Å². The van der Waals surface area contributed by atoms with Crippen molar-refractivity contribution < 1.29 is 14.0 Å². The molecule has 1 unspecified atom stereocenters. The quantitative estimate of drug-likeness (QED) is 0.365. The average Bonchev–Trinajstić information content (AvgIpc) is 3.25. The average molecular weight is 497 g/mol. The van der Waals surface area contributed by atoms with Gasteiger partial charge in [0, 0.05) is 17.1 Å². The molecule has 2 amide bonds. The Morgan fingerprint density at radius 3 is 2.61 bits per heavy atom. The van der Waals surface area contributed by atoms with Crippen LogP contribution in [0.25, 0.3) is 11.0 Å². The number of nitrogens with zero attached hydrogens (tertiary/aromatic N) is 2. The largest absolute Gasteiger partial charge is 0.450 e. The van der Waals surface area contributed by atoms with Crippen LogP contribution in [0.15, 0.2) is 88.6 Å². The molecule has 1 atom stereocenters. The first-order chi connectivity index (χ1) is 17.4. The molecule has 0 fully saturated rings. The molecule has 0 aliphatic carbocycles. The SMILES string of the molecule is C=CCN1C(=O)c2oc3ccc(Cl)cc3c(=O)c2C12C(=O)N(Cc1cccc(C)c1)c1ccccc12. The molecule has 4 aromatic rings. The molecular formula is C29H21ClN2O4. The Balaban J connectivity index is 1.66. The van der Waals surface area contributed by atoms with Gasteiger partial charge in [-0.15, -0.1) is 6.58 Å². The number of aryl methyl sites for hydroxylation is 1. The summed E-state index contributed by atoms with van der Waals surface area (Å²) in [5.41, 5.74) is 1.35. The van der Waals surface area contributed by atoms with Crippen LogP contribution in [0.5, 0.6) is 0 Å². The molecule has 0 N–H and O–H groups in total. The van der Waals surface area contributed by atoms with Crippen molar-refractivity contribution in [3.8, 4) is 0 Å². The predicted octanol–water partition coefficient (Wildman–Crippen LogP) is 5.19. The number of carbonyl (C=O) groups excluding carboxylic acids is 2. The second-order valence-electron chi connectivity index (χ2n) is 9.09. The number of halogens is 1. The van der Waals surface area contributed by atoms with Gasteiger partial charge in [-0.3, -0.25) is 14.4 Å². The standard InChI is InChI=1S/C29H21ClN2O4/c1-3-13-32-27(34)26-24(25(33)20-15-19(30)11-12-23(20)36-26)29(32)21-9-4-5-10-22(21)31(28(29)35)16-18-8-6-7-17(2)14-18/h3-12,14-15H,1,13,16H2,2H3. The Morgan fingerprint density at radius 2 is 1.83 bits per heavy atom. The van der Waals surface area contributed by atoms with E-state index in [0.717, 1.165) is 11.1 Å². The number of hydrogen-bond acceptors (Lipinski definition) is 4. The minimum atomic E-state index is -1.67. The second-order valence-corrected chi connectivity index (χ2v) is 9.52. The first-order valence-corrected chi connectivity index (χ1v) is 11.9. The van der Waals surface area contributed by atoms with Crippen molar-refractivity contribution in [2.45, 2.75) is 19.0 Å². The lowest BCUT2D eigenvalue weighted by Gasteiger charge is -2.33. The second kappa shape index (κ2) is 7.93. The molecule has 3 heterocycles. The van der Waals surface area contributed by atoms with E-state index in [-0.39, 0.29) is 41.3 Å². The lowest BCUT2D eigenvalue weighted by Crippen LogP contribution is -2.53. The highest BCUT2D eigenvalue weighted by Gasteiger charge is 2.64. The molecule has 0 bridgehead atoms. The summed E-state index contributed by atoms with van der Waals surface area (Å²) < 4.78 is 5.99. The Morgan fingerprint density at radius 1 is 1.03 bits per heavy atom. The number of para-hydroxylation sites is 1. The van der Waals surface area contributed by atoms with Crippen LogP contribution >= 0.6 is 11.6 Å². The summed E-state index contributed by atoms with van der Waals surface area (Å²) in [5, 5.41) is 0.576. The third-order valence-electron chi connectivity index (χ3n) is 6.93. The molecular weight excluding hydrogens is 476 g/mol. The summed E-state index contributed by atoms with van der Waals surface area (Å²) in [5.74, 6) is -1.04. The van der Waals surface area contributed by atoms with Crippen molar-refractivity contribution in [2.24, 2.45) is 0 Å². The van der Waals surface area contributed by atoms with Crippen LogP contribution in [-0.4, -0.2) is 23.3 Å². The highest BCUT2D eigenvalue weighted by atomic mass is 35.5. The first-order valence-electron chi connectivity index (χ1n) is 11.5. The van der Waals surface area contributed by atoms with Gasteiger partial charge < -0.3 is 14.2 Å². The Kier molecular flexibility index (Phi) is 4.92. The maximum atomic E-state index is 14.5. The Hall–Kier alpha value is -4.16. The van der Waals surface area contributed by atoms with Gasteiger partial charge in [-0.05, 0) is 36.8 Å². The van der Waals surface area contributed by atoms with Gasteiger partial charge in [0.25, 0.3) is 11.8 Å². The lowest BCUT2D eigenvalue weighted by molar-refractivity contribution is -0.126. The van der Waals surface area contributed by atoms with E-state index in [1.165, 1.54) is 11.0 Å². The lowest BCUT2D eigenvalue weighted by atomic mass is 9.84. The molecule has 2 aliphatic rings. The van der Waals surface area contributed by atoms with Gasteiger partial charge >= 0.3 is 0 Å². The van der Waals surface area contributed by atoms with E-state index in [2.05, 4.69) is 6.58 Å². The number of carbonyl (C=O) groups is 2. The van der Waals surface area contributed by atoms with Crippen molar-refractivity contribution >= 4 is 40.1 Å². The third kappa shape index (κ3) is 2.88. The molecule has 1 aromatic heterocycles. The van der Waals surface area contributed by atoms with Gasteiger partial charge in [0.2, 0.25) is 5.76 Å². The first kappa shape index (κ1) is 22.3. The third-order valence-corrected chi connectivity index (χ3v) is 7.17. The molecule has 0 radical (unpaired) electrons. The van der Waals surface area contributed by atoms with Gasteiger partial charge in [-0.25, -0.2) is 0 Å². The summed E-state index contributed by atoms with van der Waals surface area (Å²) in [4.78, 5) is 45.3. The molecule has 6 nitrogen and oxygen atoms in total. The van der Waals surface area contributed by atoms with E-state index in [0.29, 0.717) is 16.3 Å². The molecule has 1 spiro atoms. The summed E-state index contributed by atoms with van der Waals surface area (Å²) in [7, 11) is 0.